The highest BCUT2D eigenvalue weighted by atomic mass is 16.6. The van der Waals surface area contributed by atoms with E-state index in [0.29, 0.717) is 17.9 Å². The van der Waals surface area contributed by atoms with Crippen LogP contribution in [0.2, 0.25) is 0 Å². The molecular formula is C21H19N3O4. The van der Waals surface area contributed by atoms with Gasteiger partial charge in [0.25, 0.3) is 5.69 Å². The molecule has 0 saturated heterocycles. The largest absolute Gasteiger partial charge is 0.493 e. The average Bonchev–Trinajstić information content (AvgIpc) is 2.70. The van der Waals surface area contributed by atoms with Crippen molar-refractivity contribution in [3.8, 4) is 5.75 Å². The number of non-ortho nitro benzene ring substituents is 1. The number of nitrogens with one attached hydrogen (secondary N) is 1. The van der Waals surface area contributed by atoms with Gasteiger partial charge < -0.3 is 4.74 Å². The van der Waals surface area contributed by atoms with Gasteiger partial charge in [0.1, 0.15) is 5.75 Å². The molecule has 0 spiro atoms. The molecule has 0 heterocycles. The van der Waals surface area contributed by atoms with Gasteiger partial charge in [-0.25, -0.2) is 5.43 Å². The number of benzene rings is 3. The van der Waals surface area contributed by atoms with E-state index in [0.717, 1.165) is 16.3 Å². The van der Waals surface area contributed by atoms with E-state index in [1.54, 1.807) is 18.3 Å². The number of rotatable bonds is 7. The Hall–Kier alpha value is -3.74. The van der Waals surface area contributed by atoms with E-state index in [9.17, 15) is 14.9 Å². The summed E-state index contributed by atoms with van der Waals surface area (Å²) < 4.78 is 5.67. The standard InChI is InChI=1S/C21H19N3O4/c1-2-28-20-12-9-16-5-3-4-6-18(16)19(20)14-22-23-21(25)13-15-7-10-17(11-8-15)24(26)27/h3-12,14H,2,13H2,1H3,(H,23,25)/b22-14-. The van der Waals surface area contributed by atoms with Gasteiger partial charge in [0, 0.05) is 17.7 Å². The fourth-order valence-corrected chi connectivity index (χ4v) is 2.82. The highest BCUT2D eigenvalue weighted by Gasteiger charge is 2.08. The van der Waals surface area contributed by atoms with Crippen LogP contribution in [0.25, 0.3) is 10.8 Å². The molecule has 0 fully saturated rings. The fourth-order valence-electron chi connectivity index (χ4n) is 2.82. The van der Waals surface area contributed by atoms with Crippen molar-refractivity contribution in [2.24, 2.45) is 5.10 Å². The molecule has 0 aliphatic rings. The number of nitrogens with zero attached hydrogens (tertiary/aromatic N) is 2. The summed E-state index contributed by atoms with van der Waals surface area (Å²) in [5.41, 5.74) is 3.93. The fraction of sp³-hybridized carbons (Fsp3) is 0.143. The van der Waals surface area contributed by atoms with Crippen molar-refractivity contribution in [3.05, 3.63) is 81.9 Å². The number of nitro benzene ring substituents is 1. The number of hydrogen-bond acceptors (Lipinski definition) is 5. The molecule has 28 heavy (non-hydrogen) atoms. The van der Waals surface area contributed by atoms with Crippen LogP contribution in [0, 0.1) is 10.1 Å². The summed E-state index contributed by atoms with van der Waals surface area (Å²) in [6.45, 7) is 2.42. The minimum absolute atomic E-state index is 0.0124. The van der Waals surface area contributed by atoms with Gasteiger partial charge in [-0.15, -0.1) is 0 Å². The molecule has 0 unspecified atom stereocenters. The van der Waals surface area contributed by atoms with Gasteiger partial charge in [-0.3, -0.25) is 14.9 Å². The Bertz CT molecular complexity index is 1030. The van der Waals surface area contributed by atoms with Crippen LogP contribution in [0.5, 0.6) is 5.75 Å². The van der Waals surface area contributed by atoms with E-state index < -0.39 is 4.92 Å². The quantitative estimate of drug-likeness (QED) is 0.384. The van der Waals surface area contributed by atoms with Gasteiger partial charge in [-0.1, -0.05) is 42.5 Å². The maximum Gasteiger partial charge on any atom is 0.269 e. The van der Waals surface area contributed by atoms with Crippen molar-refractivity contribution in [2.75, 3.05) is 6.61 Å². The molecule has 0 bridgehead atoms. The minimum atomic E-state index is -0.478. The first-order valence-corrected chi connectivity index (χ1v) is 8.78. The van der Waals surface area contributed by atoms with Crippen LogP contribution in [0.4, 0.5) is 5.69 Å². The van der Waals surface area contributed by atoms with E-state index in [2.05, 4.69) is 10.5 Å². The van der Waals surface area contributed by atoms with Crippen LogP contribution >= 0.6 is 0 Å². The molecule has 3 aromatic carbocycles. The minimum Gasteiger partial charge on any atom is -0.493 e. The smallest absolute Gasteiger partial charge is 0.269 e. The Morgan fingerprint density at radius 2 is 1.89 bits per heavy atom. The van der Waals surface area contributed by atoms with Crippen molar-refractivity contribution < 1.29 is 14.5 Å². The maximum absolute atomic E-state index is 12.1. The summed E-state index contributed by atoms with van der Waals surface area (Å²) in [5.74, 6) is 0.373. The third-order valence-corrected chi connectivity index (χ3v) is 4.13. The monoisotopic (exact) mass is 377 g/mol. The van der Waals surface area contributed by atoms with E-state index in [-0.39, 0.29) is 18.0 Å². The summed E-state index contributed by atoms with van der Waals surface area (Å²) >= 11 is 0. The van der Waals surface area contributed by atoms with Crippen molar-refractivity contribution in [1.82, 2.24) is 5.43 Å². The lowest BCUT2D eigenvalue weighted by atomic mass is 10.0. The molecule has 3 aromatic rings. The molecule has 1 amide bonds. The molecule has 142 valence electrons. The number of fused-ring (bicyclic) bond motifs is 1. The van der Waals surface area contributed by atoms with Crippen LogP contribution in [0.1, 0.15) is 18.1 Å². The van der Waals surface area contributed by atoms with E-state index in [1.807, 2.05) is 43.3 Å². The molecule has 7 heteroatoms. The number of ether oxygens (including phenoxy) is 1. The van der Waals surface area contributed by atoms with Gasteiger partial charge >= 0.3 is 0 Å². The topological polar surface area (TPSA) is 93.8 Å². The molecule has 0 atom stereocenters. The molecule has 0 saturated carbocycles. The lowest BCUT2D eigenvalue weighted by Gasteiger charge is -2.10. The zero-order valence-corrected chi connectivity index (χ0v) is 15.3. The second-order valence-electron chi connectivity index (χ2n) is 6.03. The number of carbonyl (C=O) groups is 1. The Morgan fingerprint density at radius 1 is 1.14 bits per heavy atom. The van der Waals surface area contributed by atoms with Gasteiger partial charge in [0.15, 0.2) is 0 Å². The Labute approximate surface area is 161 Å². The highest BCUT2D eigenvalue weighted by Crippen LogP contribution is 2.26. The van der Waals surface area contributed by atoms with Crippen LogP contribution in [0.15, 0.2) is 65.8 Å². The Balaban J connectivity index is 1.72. The second-order valence-corrected chi connectivity index (χ2v) is 6.03. The number of amides is 1. The predicted octanol–water partition coefficient (Wildman–Crippen LogP) is 3.84. The van der Waals surface area contributed by atoms with Gasteiger partial charge in [0.2, 0.25) is 5.91 Å². The van der Waals surface area contributed by atoms with Crippen molar-refractivity contribution in [2.45, 2.75) is 13.3 Å². The van der Waals surface area contributed by atoms with Crippen molar-refractivity contribution in [3.63, 3.8) is 0 Å². The molecule has 0 aliphatic carbocycles. The molecule has 0 aliphatic heterocycles. The molecular weight excluding hydrogens is 358 g/mol. The Kier molecular flexibility index (Phi) is 5.96. The number of hydrogen-bond donors (Lipinski definition) is 1. The zero-order valence-electron chi connectivity index (χ0n) is 15.3. The summed E-state index contributed by atoms with van der Waals surface area (Å²) in [6, 6.07) is 17.6. The summed E-state index contributed by atoms with van der Waals surface area (Å²) in [7, 11) is 0. The first-order valence-electron chi connectivity index (χ1n) is 8.78. The van der Waals surface area contributed by atoms with Crippen LogP contribution < -0.4 is 10.2 Å². The molecule has 1 N–H and O–H groups in total. The molecule has 3 rings (SSSR count). The number of carbonyl (C=O) groups excluding carboxylic acids is 1. The third-order valence-electron chi connectivity index (χ3n) is 4.13. The van der Waals surface area contributed by atoms with E-state index in [4.69, 9.17) is 4.74 Å². The lowest BCUT2D eigenvalue weighted by molar-refractivity contribution is -0.384. The van der Waals surface area contributed by atoms with Crippen LogP contribution in [-0.4, -0.2) is 23.7 Å². The third kappa shape index (κ3) is 4.50. The summed E-state index contributed by atoms with van der Waals surface area (Å²) in [6.07, 6.45) is 1.64. The predicted molar refractivity (Wildman–Crippen MR) is 108 cm³/mol. The average molecular weight is 377 g/mol. The van der Waals surface area contributed by atoms with Crippen LogP contribution in [0.3, 0.4) is 0 Å². The molecule has 0 aromatic heterocycles. The van der Waals surface area contributed by atoms with Crippen molar-refractivity contribution in [1.29, 1.82) is 0 Å². The number of hydrazone groups is 1. The maximum atomic E-state index is 12.1. The second kappa shape index (κ2) is 8.77. The highest BCUT2D eigenvalue weighted by molar-refractivity contribution is 6.02. The summed E-state index contributed by atoms with van der Waals surface area (Å²) in [4.78, 5) is 22.3. The van der Waals surface area contributed by atoms with Gasteiger partial charge in [0.05, 0.1) is 24.2 Å². The van der Waals surface area contributed by atoms with Crippen LogP contribution in [-0.2, 0) is 11.2 Å². The Morgan fingerprint density at radius 3 is 2.61 bits per heavy atom. The molecule has 7 nitrogen and oxygen atoms in total. The van der Waals surface area contributed by atoms with E-state index in [1.165, 1.54) is 12.1 Å². The molecule has 0 radical (unpaired) electrons. The SMILES string of the molecule is CCOc1ccc2ccccc2c1/C=N\NC(=O)Cc1ccc([N+](=O)[O-])cc1. The first-order chi connectivity index (χ1) is 13.6. The zero-order chi connectivity index (χ0) is 19.9. The number of nitro groups is 1. The van der Waals surface area contributed by atoms with Gasteiger partial charge in [-0.05, 0) is 29.3 Å². The van der Waals surface area contributed by atoms with Crippen molar-refractivity contribution >= 4 is 28.6 Å². The van der Waals surface area contributed by atoms with E-state index >= 15 is 0 Å². The van der Waals surface area contributed by atoms with Gasteiger partial charge in [-0.2, -0.15) is 5.10 Å². The summed E-state index contributed by atoms with van der Waals surface area (Å²) in [5, 5.41) is 16.8. The lowest BCUT2D eigenvalue weighted by Crippen LogP contribution is -2.19. The normalized spacial score (nSPS) is 10.9. The first kappa shape index (κ1) is 19.0.